The summed E-state index contributed by atoms with van der Waals surface area (Å²) in [5, 5.41) is 0. The van der Waals surface area contributed by atoms with Gasteiger partial charge in [0.25, 0.3) is 0 Å². The molecule has 4 nitrogen and oxygen atoms in total. The van der Waals surface area contributed by atoms with E-state index in [0.717, 1.165) is 22.6 Å². The average Bonchev–Trinajstić information content (AvgIpc) is 2.76. The number of carbonyl (C=O) groups excluding carboxylic acids is 1. The van der Waals surface area contributed by atoms with Crippen LogP contribution in [0.1, 0.15) is 44.7 Å². The number of benzene rings is 1. The van der Waals surface area contributed by atoms with E-state index in [0.29, 0.717) is 6.61 Å². The summed E-state index contributed by atoms with van der Waals surface area (Å²) in [6.45, 7) is 8.27. The molecule has 0 saturated carbocycles. The first-order chi connectivity index (χ1) is 9.81. The molecule has 0 bridgehead atoms. The third kappa shape index (κ3) is 3.57. The van der Waals surface area contributed by atoms with Crippen molar-refractivity contribution in [1.82, 2.24) is 0 Å². The first-order valence-corrected chi connectivity index (χ1v) is 7.06. The SMILES string of the molecule is COc1ccc2c(c1/C=C/C(=O)OC(C)(C)C)C(C)CO2. The second-order valence-corrected chi connectivity index (χ2v) is 6.17. The lowest BCUT2D eigenvalue weighted by atomic mass is 9.96. The summed E-state index contributed by atoms with van der Waals surface area (Å²) in [7, 11) is 1.62. The molecule has 0 spiro atoms. The molecule has 4 heteroatoms. The van der Waals surface area contributed by atoms with Gasteiger partial charge in [0, 0.05) is 23.1 Å². The van der Waals surface area contributed by atoms with E-state index >= 15 is 0 Å². The van der Waals surface area contributed by atoms with Gasteiger partial charge in [-0.2, -0.15) is 0 Å². The van der Waals surface area contributed by atoms with Gasteiger partial charge in [0.2, 0.25) is 0 Å². The van der Waals surface area contributed by atoms with Crippen molar-refractivity contribution in [3.8, 4) is 11.5 Å². The Labute approximate surface area is 125 Å². The maximum Gasteiger partial charge on any atom is 0.331 e. The van der Waals surface area contributed by atoms with Crippen LogP contribution < -0.4 is 9.47 Å². The van der Waals surface area contributed by atoms with Crippen LogP contribution in [0.4, 0.5) is 0 Å². The fourth-order valence-corrected chi connectivity index (χ4v) is 2.37. The highest BCUT2D eigenvalue weighted by Gasteiger charge is 2.25. The number of ether oxygens (including phenoxy) is 3. The van der Waals surface area contributed by atoms with Crippen LogP contribution in [-0.4, -0.2) is 25.3 Å². The van der Waals surface area contributed by atoms with Crippen LogP contribution >= 0.6 is 0 Å². The molecule has 0 radical (unpaired) electrons. The smallest absolute Gasteiger partial charge is 0.331 e. The maximum absolute atomic E-state index is 11.8. The average molecular weight is 290 g/mol. The summed E-state index contributed by atoms with van der Waals surface area (Å²) >= 11 is 0. The molecule has 1 unspecified atom stereocenters. The van der Waals surface area contributed by atoms with Gasteiger partial charge in [0.15, 0.2) is 0 Å². The summed E-state index contributed by atoms with van der Waals surface area (Å²) in [5.41, 5.74) is 1.46. The second-order valence-electron chi connectivity index (χ2n) is 6.17. The molecular weight excluding hydrogens is 268 g/mol. The number of hydrogen-bond donors (Lipinski definition) is 0. The zero-order valence-corrected chi connectivity index (χ0v) is 13.2. The highest BCUT2D eigenvalue weighted by atomic mass is 16.6. The van der Waals surface area contributed by atoms with Crippen LogP contribution in [0.15, 0.2) is 18.2 Å². The van der Waals surface area contributed by atoms with E-state index in [1.54, 1.807) is 13.2 Å². The molecule has 1 aliphatic rings. The molecular formula is C17H22O4. The third-order valence-corrected chi connectivity index (χ3v) is 3.20. The van der Waals surface area contributed by atoms with Crippen molar-refractivity contribution in [3.63, 3.8) is 0 Å². The van der Waals surface area contributed by atoms with E-state index < -0.39 is 5.60 Å². The number of carbonyl (C=O) groups is 1. The van der Waals surface area contributed by atoms with Crippen LogP contribution in [0, 0.1) is 0 Å². The quantitative estimate of drug-likeness (QED) is 0.631. The Bertz CT molecular complexity index is 567. The lowest BCUT2D eigenvalue weighted by Crippen LogP contribution is -2.22. The van der Waals surface area contributed by atoms with Crippen molar-refractivity contribution in [2.75, 3.05) is 13.7 Å². The van der Waals surface area contributed by atoms with Crippen molar-refractivity contribution in [3.05, 3.63) is 29.3 Å². The van der Waals surface area contributed by atoms with Gasteiger partial charge in [-0.15, -0.1) is 0 Å². The largest absolute Gasteiger partial charge is 0.496 e. The number of fused-ring (bicyclic) bond motifs is 1. The Morgan fingerprint density at radius 2 is 2.10 bits per heavy atom. The van der Waals surface area contributed by atoms with Crippen LogP contribution in [0.25, 0.3) is 6.08 Å². The molecule has 1 atom stereocenters. The summed E-state index contributed by atoms with van der Waals surface area (Å²) in [6.07, 6.45) is 3.19. The van der Waals surface area contributed by atoms with Gasteiger partial charge < -0.3 is 14.2 Å². The highest BCUT2D eigenvalue weighted by Crippen LogP contribution is 2.41. The molecule has 1 aromatic carbocycles. The fraction of sp³-hybridized carbons (Fsp3) is 0.471. The second kappa shape index (κ2) is 5.80. The third-order valence-electron chi connectivity index (χ3n) is 3.20. The van der Waals surface area contributed by atoms with Gasteiger partial charge in [-0.1, -0.05) is 6.92 Å². The highest BCUT2D eigenvalue weighted by molar-refractivity contribution is 5.88. The van der Waals surface area contributed by atoms with Gasteiger partial charge in [-0.3, -0.25) is 0 Å². The van der Waals surface area contributed by atoms with Crippen molar-refractivity contribution < 1.29 is 19.0 Å². The van der Waals surface area contributed by atoms with Crippen LogP contribution in [0.5, 0.6) is 11.5 Å². The topological polar surface area (TPSA) is 44.8 Å². The lowest BCUT2D eigenvalue weighted by Gasteiger charge is -2.18. The van der Waals surface area contributed by atoms with E-state index in [-0.39, 0.29) is 11.9 Å². The minimum atomic E-state index is -0.499. The van der Waals surface area contributed by atoms with Crippen LogP contribution in [-0.2, 0) is 9.53 Å². The maximum atomic E-state index is 11.8. The predicted octanol–water partition coefficient (Wildman–Crippen LogP) is 3.55. The van der Waals surface area contributed by atoms with Crippen LogP contribution in [0.3, 0.4) is 0 Å². The molecule has 0 amide bonds. The summed E-state index contributed by atoms with van der Waals surface area (Å²) in [4.78, 5) is 11.8. The molecule has 0 aliphatic carbocycles. The Balaban J connectivity index is 2.31. The number of rotatable bonds is 3. The first kappa shape index (κ1) is 15.4. The Kier molecular flexibility index (Phi) is 4.26. The summed E-state index contributed by atoms with van der Waals surface area (Å²) < 4.78 is 16.3. The number of hydrogen-bond acceptors (Lipinski definition) is 4. The Morgan fingerprint density at radius 3 is 2.71 bits per heavy atom. The fourth-order valence-electron chi connectivity index (χ4n) is 2.37. The van der Waals surface area contributed by atoms with E-state index in [2.05, 4.69) is 6.92 Å². The first-order valence-electron chi connectivity index (χ1n) is 7.06. The minimum absolute atomic E-state index is 0.272. The Hall–Kier alpha value is -1.97. The van der Waals surface area contributed by atoms with E-state index in [1.165, 1.54) is 6.08 Å². The zero-order valence-electron chi connectivity index (χ0n) is 13.2. The predicted molar refractivity (Wildman–Crippen MR) is 81.8 cm³/mol. The van der Waals surface area contributed by atoms with E-state index in [4.69, 9.17) is 14.2 Å². The van der Waals surface area contributed by atoms with Gasteiger partial charge in [0.1, 0.15) is 17.1 Å². The van der Waals surface area contributed by atoms with Gasteiger partial charge >= 0.3 is 5.97 Å². The summed E-state index contributed by atoms with van der Waals surface area (Å²) in [5.74, 6) is 1.49. The van der Waals surface area contributed by atoms with Crippen molar-refractivity contribution in [1.29, 1.82) is 0 Å². The van der Waals surface area contributed by atoms with Gasteiger partial charge in [-0.05, 0) is 39.0 Å². The molecule has 114 valence electrons. The Morgan fingerprint density at radius 1 is 1.38 bits per heavy atom. The van der Waals surface area contributed by atoms with Crippen molar-refractivity contribution >= 4 is 12.0 Å². The zero-order chi connectivity index (χ0) is 15.6. The molecule has 1 aliphatic heterocycles. The number of esters is 1. The summed E-state index contributed by atoms with van der Waals surface area (Å²) in [6, 6.07) is 3.76. The molecule has 0 aromatic heterocycles. The normalized spacial score (nSPS) is 17.5. The lowest BCUT2D eigenvalue weighted by molar-refractivity contribution is -0.148. The van der Waals surface area contributed by atoms with E-state index in [1.807, 2.05) is 32.9 Å². The van der Waals surface area contributed by atoms with Gasteiger partial charge in [0.05, 0.1) is 13.7 Å². The standard InChI is InChI=1S/C17H22O4/c1-11-10-20-14-8-7-13(19-5)12(16(11)14)6-9-15(18)21-17(2,3)4/h6-9,11H,10H2,1-5H3/b9-6+. The minimum Gasteiger partial charge on any atom is -0.496 e. The van der Waals surface area contributed by atoms with E-state index in [9.17, 15) is 4.79 Å². The monoisotopic (exact) mass is 290 g/mol. The molecule has 2 rings (SSSR count). The van der Waals surface area contributed by atoms with Crippen molar-refractivity contribution in [2.24, 2.45) is 0 Å². The molecule has 1 aromatic rings. The van der Waals surface area contributed by atoms with Crippen molar-refractivity contribution in [2.45, 2.75) is 39.2 Å². The van der Waals surface area contributed by atoms with Gasteiger partial charge in [-0.25, -0.2) is 4.79 Å². The number of methoxy groups -OCH3 is 1. The molecule has 0 fully saturated rings. The molecule has 0 saturated heterocycles. The molecule has 21 heavy (non-hydrogen) atoms. The molecule has 1 heterocycles. The van der Waals surface area contributed by atoms with Crippen LogP contribution in [0.2, 0.25) is 0 Å². The molecule has 0 N–H and O–H groups in total.